The second kappa shape index (κ2) is 10.7. The first-order valence-corrected chi connectivity index (χ1v) is 12.1. The van der Waals surface area contributed by atoms with E-state index in [-0.39, 0.29) is 32.7 Å². The average molecular weight is 475 g/mol. The topological polar surface area (TPSA) is 94.5 Å². The Labute approximate surface area is 203 Å². The van der Waals surface area contributed by atoms with E-state index in [2.05, 4.69) is 0 Å². The van der Waals surface area contributed by atoms with E-state index in [1.165, 1.54) is 12.0 Å². The van der Waals surface area contributed by atoms with Gasteiger partial charge in [-0.2, -0.15) is 0 Å². The summed E-state index contributed by atoms with van der Waals surface area (Å²) in [6.07, 6.45) is 2.25. The van der Waals surface area contributed by atoms with Gasteiger partial charge in [-0.05, 0) is 58.3 Å². The average Bonchev–Trinajstić information content (AvgIpc) is 3.26. The highest BCUT2D eigenvalue weighted by Gasteiger charge is 2.57. The molecule has 0 unspecified atom stereocenters. The number of hydrogen-bond acceptors (Lipinski definition) is 7. The molecule has 0 radical (unpaired) electrons. The Hall–Kier alpha value is -2.10. The van der Waals surface area contributed by atoms with Crippen LogP contribution in [-0.2, 0) is 30.2 Å². The van der Waals surface area contributed by atoms with Crippen molar-refractivity contribution in [2.24, 2.45) is 5.92 Å². The van der Waals surface area contributed by atoms with Crippen LogP contribution in [0.2, 0.25) is 6.32 Å². The van der Waals surface area contributed by atoms with Gasteiger partial charge < -0.3 is 23.9 Å². The van der Waals surface area contributed by atoms with E-state index in [0.717, 1.165) is 12.0 Å². The number of benzene rings is 1. The van der Waals surface area contributed by atoms with Crippen LogP contribution in [0.1, 0.15) is 58.9 Å². The molecular weight excluding hydrogens is 437 g/mol. The fraction of sp³-hybridized carbons (Fsp3) is 0.680. The third kappa shape index (κ3) is 5.26. The summed E-state index contributed by atoms with van der Waals surface area (Å²) < 4.78 is 22.9. The zero-order valence-corrected chi connectivity index (χ0v) is 21.0. The third-order valence-corrected chi connectivity index (χ3v) is 7.61. The lowest BCUT2D eigenvalue weighted by molar-refractivity contribution is -0.156. The van der Waals surface area contributed by atoms with Crippen LogP contribution in [0.4, 0.5) is 4.79 Å². The van der Waals surface area contributed by atoms with Gasteiger partial charge >= 0.3 is 19.2 Å². The lowest BCUT2D eigenvalue weighted by atomic mass is 9.75. The number of likely N-dealkylation sites (tertiary alicyclic amines) is 1. The van der Waals surface area contributed by atoms with Gasteiger partial charge in [-0.1, -0.05) is 36.8 Å². The van der Waals surface area contributed by atoms with Crippen molar-refractivity contribution in [2.45, 2.75) is 83.0 Å². The summed E-state index contributed by atoms with van der Waals surface area (Å²) in [5.74, 6) is -0.685. The number of aliphatic hydroxyl groups is 1. The Balaban J connectivity index is 1.68. The van der Waals surface area contributed by atoms with E-state index in [0.29, 0.717) is 25.7 Å². The largest absolute Gasteiger partial charge is 0.467 e. The molecule has 8 nitrogen and oxygen atoms in total. The van der Waals surface area contributed by atoms with Gasteiger partial charge in [-0.25, -0.2) is 9.59 Å². The molecule has 2 saturated heterocycles. The Bertz CT molecular complexity index is 831. The molecule has 2 aliphatic rings. The molecule has 2 atom stereocenters. The van der Waals surface area contributed by atoms with Crippen LogP contribution in [0.5, 0.6) is 0 Å². The Morgan fingerprint density at radius 3 is 2.38 bits per heavy atom. The van der Waals surface area contributed by atoms with Gasteiger partial charge in [-0.3, -0.25) is 4.90 Å². The molecule has 0 bridgehead atoms. The van der Waals surface area contributed by atoms with Crippen LogP contribution in [-0.4, -0.2) is 66.2 Å². The maximum atomic E-state index is 13.1. The minimum Gasteiger partial charge on any atom is -0.467 e. The third-order valence-electron chi connectivity index (χ3n) is 7.61. The summed E-state index contributed by atoms with van der Waals surface area (Å²) in [6.45, 7) is 8.31. The van der Waals surface area contributed by atoms with Crippen LogP contribution in [0.15, 0.2) is 30.3 Å². The highest BCUT2D eigenvalue weighted by Crippen LogP contribution is 2.43. The van der Waals surface area contributed by atoms with Gasteiger partial charge in [0, 0.05) is 19.6 Å². The molecule has 0 saturated carbocycles. The Morgan fingerprint density at radius 2 is 1.79 bits per heavy atom. The monoisotopic (exact) mass is 475 g/mol. The fourth-order valence-electron chi connectivity index (χ4n) is 5.06. The molecule has 2 heterocycles. The number of amides is 1. The first-order valence-electron chi connectivity index (χ1n) is 12.1. The van der Waals surface area contributed by atoms with Crippen molar-refractivity contribution < 1.29 is 33.5 Å². The molecule has 1 N–H and O–H groups in total. The molecule has 1 aromatic carbocycles. The second-order valence-corrected chi connectivity index (χ2v) is 10.2. The quantitative estimate of drug-likeness (QED) is 0.429. The smallest absolute Gasteiger partial charge is 0.457 e. The van der Waals surface area contributed by atoms with Gasteiger partial charge in [0.1, 0.15) is 12.1 Å². The van der Waals surface area contributed by atoms with Gasteiger partial charge in [0.15, 0.2) is 0 Å². The number of ether oxygens (including phenoxy) is 2. The van der Waals surface area contributed by atoms with Gasteiger partial charge in [-0.15, -0.1) is 0 Å². The summed E-state index contributed by atoms with van der Waals surface area (Å²) >= 11 is 0. The van der Waals surface area contributed by atoms with Crippen molar-refractivity contribution in [2.75, 3.05) is 20.3 Å². The molecule has 34 heavy (non-hydrogen) atoms. The summed E-state index contributed by atoms with van der Waals surface area (Å²) in [7, 11) is 0.998. The molecule has 0 spiro atoms. The predicted octanol–water partition coefficient (Wildman–Crippen LogP) is 3.81. The summed E-state index contributed by atoms with van der Waals surface area (Å²) in [6, 6.07) is 9.39. The van der Waals surface area contributed by atoms with Crippen molar-refractivity contribution in [3.8, 4) is 0 Å². The lowest BCUT2D eigenvalue weighted by Crippen LogP contribution is -2.57. The number of carbonyl (C=O) groups excluding carboxylic acids is 2. The van der Waals surface area contributed by atoms with E-state index in [9.17, 15) is 14.7 Å². The number of esters is 1. The molecule has 2 fully saturated rings. The fourth-order valence-corrected chi connectivity index (χ4v) is 5.06. The van der Waals surface area contributed by atoms with Crippen LogP contribution in [0.25, 0.3) is 0 Å². The molecule has 188 valence electrons. The number of aliphatic hydroxyl groups excluding tert-OH is 1. The number of hydrogen-bond donors (Lipinski definition) is 1. The molecule has 2 aliphatic heterocycles. The predicted molar refractivity (Wildman–Crippen MR) is 128 cm³/mol. The standard InChI is InChI=1S/C25H38BNO7/c1-23(2)24(3,4)34-26(33-23)15-9-12-20-13-16-27(25(20,14-17-28)21(29)31-5)22(30)32-18-19-10-7-6-8-11-19/h6-8,10-11,20,28H,9,12-18H2,1-5H3/t20-,25+/m1/s1. The molecule has 1 aromatic rings. The number of nitrogens with zero attached hydrogens (tertiary/aromatic N) is 1. The molecular formula is C25H38BNO7. The first kappa shape index (κ1) is 26.5. The summed E-state index contributed by atoms with van der Waals surface area (Å²) in [5, 5.41) is 9.85. The van der Waals surface area contributed by atoms with Crippen LogP contribution in [0.3, 0.4) is 0 Å². The molecule has 0 aliphatic carbocycles. The Kier molecular flexibility index (Phi) is 8.32. The van der Waals surface area contributed by atoms with Gasteiger partial charge in [0.25, 0.3) is 0 Å². The molecule has 3 rings (SSSR count). The second-order valence-electron chi connectivity index (χ2n) is 10.2. The molecule has 9 heteroatoms. The van der Waals surface area contributed by atoms with E-state index >= 15 is 0 Å². The number of carbonyl (C=O) groups is 2. The summed E-state index contributed by atoms with van der Waals surface area (Å²) in [4.78, 5) is 27.6. The molecule has 1 amide bonds. The van der Waals surface area contributed by atoms with Crippen molar-refractivity contribution in [3.63, 3.8) is 0 Å². The molecule has 0 aromatic heterocycles. The highest BCUT2D eigenvalue weighted by molar-refractivity contribution is 6.45. The maximum absolute atomic E-state index is 13.1. The zero-order valence-electron chi connectivity index (χ0n) is 21.0. The van der Waals surface area contributed by atoms with Gasteiger partial charge in [0.05, 0.1) is 18.3 Å². The van der Waals surface area contributed by atoms with Crippen molar-refractivity contribution in [3.05, 3.63) is 35.9 Å². The Morgan fingerprint density at radius 1 is 1.15 bits per heavy atom. The van der Waals surface area contributed by atoms with E-state index in [1.54, 1.807) is 0 Å². The lowest BCUT2D eigenvalue weighted by Gasteiger charge is -2.39. The van der Waals surface area contributed by atoms with Gasteiger partial charge in [0.2, 0.25) is 0 Å². The van der Waals surface area contributed by atoms with Crippen molar-refractivity contribution in [1.29, 1.82) is 0 Å². The SMILES string of the molecule is COC(=O)[C@]1(CCO)[C@H](CCCB2OC(C)(C)C(C)(C)O2)CCN1C(=O)OCc1ccccc1. The highest BCUT2D eigenvalue weighted by atomic mass is 16.7. The van der Waals surface area contributed by atoms with Crippen LogP contribution in [0, 0.1) is 5.92 Å². The van der Waals surface area contributed by atoms with E-state index in [4.69, 9.17) is 18.8 Å². The first-order chi connectivity index (χ1) is 16.1. The zero-order chi connectivity index (χ0) is 25.0. The summed E-state index contributed by atoms with van der Waals surface area (Å²) in [5.41, 5.74) is -1.18. The van der Waals surface area contributed by atoms with Crippen molar-refractivity contribution in [1.82, 2.24) is 4.90 Å². The normalized spacial score (nSPS) is 25.4. The van der Waals surface area contributed by atoms with Crippen LogP contribution >= 0.6 is 0 Å². The van der Waals surface area contributed by atoms with E-state index < -0.39 is 28.8 Å². The maximum Gasteiger partial charge on any atom is 0.457 e. The minimum atomic E-state index is -1.26. The number of rotatable bonds is 9. The van der Waals surface area contributed by atoms with Crippen LogP contribution < -0.4 is 0 Å². The number of methoxy groups -OCH3 is 1. The van der Waals surface area contributed by atoms with E-state index in [1.807, 2.05) is 58.0 Å². The van der Waals surface area contributed by atoms with Crippen molar-refractivity contribution >= 4 is 19.2 Å². The minimum absolute atomic E-state index is 0.0985.